The van der Waals surface area contributed by atoms with E-state index in [4.69, 9.17) is 20.1 Å². The summed E-state index contributed by atoms with van der Waals surface area (Å²) >= 11 is 0. The molecule has 0 aliphatic heterocycles. The van der Waals surface area contributed by atoms with Gasteiger partial charge in [-0.3, -0.25) is 14.4 Å². The Kier molecular flexibility index (Phi) is 9.70. The molecule has 2 N–H and O–H groups in total. The first-order chi connectivity index (χ1) is 13.4. The highest BCUT2D eigenvalue weighted by molar-refractivity contribution is 6.03. The number of aryl methyl sites for hydroxylation is 1. The molecule has 1 aromatic rings. The predicted molar refractivity (Wildman–Crippen MR) is 103 cm³/mol. The molecule has 0 atom stereocenters. The van der Waals surface area contributed by atoms with Gasteiger partial charge in [-0.05, 0) is 44.7 Å². The standard InChI is InChI=1S/C20H28N2O6/c1-4-26-17(23)13-20(18(24)27-5-2,19(25)28-6-3)12-11-15-7-9-16(10-8-15)14-22-21/h7-10,14H,4-6,11-13,21H2,1-3H3. The second-order valence-electron chi connectivity index (χ2n) is 6.02. The zero-order chi connectivity index (χ0) is 21.0. The van der Waals surface area contributed by atoms with Crippen LogP contribution >= 0.6 is 0 Å². The van der Waals surface area contributed by atoms with Crippen LogP contribution in [0.25, 0.3) is 0 Å². The molecule has 0 aromatic heterocycles. The minimum atomic E-state index is -1.75. The molecule has 0 bridgehead atoms. The van der Waals surface area contributed by atoms with E-state index in [0.29, 0.717) is 6.42 Å². The molecule has 28 heavy (non-hydrogen) atoms. The Morgan fingerprint density at radius 2 is 1.50 bits per heavy atom. The molecule has 8 nitrogen and oxygen atoms in total. The van der Waals surface area contributed by atoms with Crippen LogP contribution in [0, 0.1) is 5.41 Å². The van der Waals surface area contributed by atoms with Crippen LogP contribution in [0.4, 0.5) is 0 Å². The number of ether oxygens (including phenoxy) is 3. The number of nitrogens with two attached hydrogens (primary N) is 1. The normalized spacial score (nSPS) is 11.2. The molecule has 0 aliphatic carbocycles. The number of hydrogen-bond acceptors (Lipinski definition) is 8. The third kappa shape index (κ3) is 6.37. The average molecular weight is 392 g/mol. The number of esters is 3. The van der Waals surface area contributed by atoms with Crippen LogP contribution < -0.4 is 5.84 Å². The van der Waals surface area contributed by atoms with Crippen molar-refractivity contribution in [3.63, 3.8) is 0 Å². The van der Waals surface area contributed by atoms with Crippen molar-refractivity contribution < 1.29 is 28.6 Å². The van der Waals surface area contributed by atoms with E-state index in [1.54, 1.807) is 20.8 Å². The molecule has 0 spiro atoms. The number of hydrogen-bond donors (Lipinski definition) is 1. The highest BCUT2D eigenvalue weighted by atomic mass is 16.6. The zero-order valence-electron chi connectivity index (χ0n) is 16.6. The van der Waals surface area contributed by atoms with Crippen molar-refractivity contribution in [2.24, 2.45) is 16.4 Å². The summed E-state index contributed by atoms with van der Waals surface area (Å²) < 4.78 is 15.2. The quantitative estimate of drug-likeness (QED) is 0.153. The summed E-state index contributed by atoms with van der Waals surface area (Å²) in [4.78, 5) is 37.6. The van der Waals surface area contributed by atoms with Gasteiger partial charge in [0.1, 0.15) is 0 Å². The summed E-state index contributed by atoms with van der Waals surface area (Å²) in [7, 11) is 0. The minimum Gasteiger partial charge on any atom is -0.466 e. The Hall–Kier alpha value is -2.90. The molecule has 0 amide bonds. The van der Waals surface area contributed by atoms with Gasteiger partial charge < -0.3 is 20.1 Å². The van der Waals surface area contributed by atoms with E-state index in [1.807, 2.05) is 24.3 Å². The average Bonchev–Trinajstić information content (AvgIpc) is 2.67. The van der Waals surface area contributed by atoms with Crippen molar-refractivity contribution in [2.75, 3.05) is 19.8 Å². The molecular formula is C20H28N2O6. The highest BCUT2D eigenvalue weighted by Crippen LogP contribution is 2.33. The maximum absolute atomic E-state index is 12.7. The number of carbonyl (C=O) groups is 3. The van der Waals surface area contributed by atoms with Gasteiger partial charge in [0.25, 0.3) is 0 Å². The fourth-order valence-corrected chi connectivity index (χ4v) is 2.73. The minimum absolute atomic E-state index is 0.0494. The third-order valence-electron chi connectivity index (χ3n) is 4.13. The van der Waals surface area contributed by atoms with Gasteiger partial charge in [0.05, 0.1) is 32.5 Å². The van der Waals surface area contributed by atoms with Gasteiger partial charge >= 0.3 is 17.9 Å². The van der Waals surface area contributed by atoms with E-state index in [0.717, 1.165) is 11.1 Å². The molecule has 8 heteroatoms. The molecule has 154 valence electrons. The van der Waals surface area contributed by atoms with Crippen LogP contribution in [0.1, 0.15) is 44.7 Å². The van der Waals surface area contributed by atoms with Crippen LogP contribution in [-0.4, -0.2) is 43.9 Å². The Morgan fingerprint density at radius 1 is 0.964 bits per heavy atom. The Morgan fingerprint density at radius 3 is 1.96 bits per heavy atom. The first-order valence-corrected chi connectivity index (χ1v) is 9.25. The molecule has 0 heterocycles. The number of rotatable bonds is 11. The Balaban J connectivity index is 3.15. The van der Waals surface area contributed by atoms with Crippen LogP contribution in [0.3, 0.4) is 0 Å². The number of hydrazone groups is 1. The van der Waals surface area contributed by atoms with E-state index in [2.05, 4.69) is 5.10 Å². The molecule has 0 aliphatic rings. The lowest BCUT2D eigenvalue weighted by molar-refractivity contribution is -0.177. The first-order valence-electron chi connectivity index (χ1n) is 9.25. The van der Waals surface area contributed by atoms with Crippen LogP contribution in [0.2, 0.25) is 0 Å². The van der Waals surface area contributed by atoms with E-state index < -0.39 is 29.7 Å². The lowest BCUT2D eigenvalue weighted by atomic mass is 9.78. The van der Waals surface area contributed by atoms with Crippen molar-refractivity contribution in [2.45, 2.75) is 40.0 Å². The second-order valence-corrected chi connectivity index (χ2v) is 6.02. The van der Waals surface area contributed by atoms with Gasteiger partial charge in [-0.25, -0.2) is 0 Å². The van der Waals surface area contributed by atoms with Crippen LogP contribution in [0.5, 0.6) is 0 Å². The van der Waals surface area contributed by atoms with Crippen molar-refractivity contribution >= 4 is 24.1 Å². The van der Waals surface area contributed by atoms with Crippen LogP contribution in [-0.2, 0) is 35.0 Å². The van der Waals surface area contributed by atoms with E-state index in [-0.39, 0.29) is 26.2 Å². The number of carbonyl (C=O) groups excluding carboxylic acids is 3. The maximum atomic E-state index is 12.7. The topological polar surface area (TPSA) is 117 Å². The van der Waals surface area contributed by atoms with Gasteiger partial charge in [0.15, 0.2) is 5.41 Å². The summed E-state index contributed by atoms with van der Waals surface area (Å²) in [6.07, 6.45) is 1.48. The molecule has 0 saturated carbocycles. The number of nitrogens with zero attached hydrogens (tertiary/aromatic N) is 1. The number of benzene rings is 1. The maximum Gasteiger partial charge on any atom is 0.324 e. The largest absolute Gasteiger partial charge is 0.466 e. The first kappa shape index (κ1) is 23.1. The fourth-order valence-electron chi connectivity index (χ4n) is 2.73. The van der Waals surface area contributed by atoms with Gasteiger partial charge in [0, 0.05) is 0 Å². The summed E-state index contributed by atoms with van der Waals surface area (Å²) in [5.74, 6) is 2.91. The fraction of sp³-hybridized carbons (Fsp3) is 0.500. The molecule has 1 aromatic carbocycles. The van der Waals surface area contributed by atoms with Crippen molar-refractivity contribution in [1.29, 1.82) is 0 Å². The van der Waals surface area contributed by atoms with Gasteiger partial charge in [0.2, 0.25) is 0 Å². The summed E-state index contributed by atoms with van der Waals surface area (Å²) in [5.41, 5.74) is -0.0637. The van der Waals surface area contributed by atoms with Crippen molar-refractivity contribution in [1.82, 2.24) is 0 Å². The Labute approximate surface area is 165 Å². The zero-order valence-corrected chi connectivity index (χ0v) is 16.6. The third-order valence-corrected chi connectivity index (χ3v) is 4.13. The van der Waals surface area contributed by atoms with Crippen LogP contribution in [0.15, 0.2) is 29.4 Å². The van der Waals surface area contributed by atoms with E-state index in [9.17, 15) is 14.4 Å². The molecule has 0 saturated heterocycles. The lowest BCUT2D eigenvalue weighted by Crippen LogP contribution is -2.44. The molecule has 0 radical (unpaired) electrons. The SMILES string of the molecule is CCOC(=O)CC(CCc1ccc(C=NN)cc1)(C(=O)OCC)C(=O)OCC. The highest BCUT2D eigenvalue weighted by Gasteiger charge is 2.50. The molecular weight excluding hydrogens is 364 g/mol. The second kappa shape index (κ2) is 11.7. The monoisotopic (exact) mass is 392 g/mol. The van der Waals surface area contributed by atoms with Gasteiger partial charge in [-0.2, -0.15) is 5.10 Å². The van der Waals surface area contributed by atoms with Gasteiger partial charge in [-0.15, -0.1) is 0 Å². The summed E-state index contributed by atoms with van der Waals surface area (Å²) in [6, 6.07) is 7.30. The lowest BCUT2D eigenvalue weighted by Gasteiger charge is -2.28. The van der Waals surface area contributed by atoms with E-state index >= 15 is 0 Å². The molecule has 0 fully saturated rings. The van der Waals surface area contributed by atoms with Gasteiger partial charge in [-0.1, -0.05) is 24.3 Å². The van der Waals surface area contributed by atoms with Crippen molar-refractivity contribution in [3.05, 3.63) is 35.4 Å². The summed E-state index contributed by atoms with van der Waals surface area (Å²) in [5, 5.41) is 3.46. The van der Waals surface area contributed by atoms with E-state index in [1.165, 1.54) is 6.21 Å². The summed E-state index contributed by atoms with van der Waals surface area (Å²) in [6.45, 7) is 5.23. The molecule has 0 unspecified atom stereocenters. The van der Waals surface area contributed by atoms with Crippen molar-refractivity contribution in [3.8, 4) is 0 Å². The Bertz CT molecular complexity index is 666. The molecule has 1 rings (SSSR count). The smallest absolute Gasteiger partial charge is 0.324 e. The predicted octanol–water partition coefficient (Wildman–Crippen LogP) is 1.98.